The summed E-state index contributed by atoms with van der Waals surface area (Å²) in [5.41, 5.74) is 3.13. The largest absolute Gasteiger partial charge is 0.336 e. The Morgan fingerprint density at radius 2 is 1.46 bits per heavy atom. The molecule has 0 spiro atoms. The zero-order valence-electron chi connectivity index (χ0n) is 13.1. The molecule has 0 aliphatic carbocycles. The fourth-order valence-electron chi connectivity index (χ4n) is 3.33. The monoisotopic (exact) mass is 320 g/mol. The van der Waals surface area contributed by atoms with E-state index in [9.17, 15) is 14.4 Å². The van der Waals surface area contributed by atoms with Crippen LogP contribution in [-0.4, -0.2) is 40.6 Å². The van der Waals surface area contributed by atoms with E-state index in [4.69, 9.17) is 0 Å². The minimum absolute atomic E-state index is 0.195. The Morgan fingerprint density at radius 3 is 2.12 bits per heavy atom. The molecule has 24 heavy (non-hydrogen) atoms. The van der Waals surface area contributed by atoms with Gasteiger partial charge in [-0.2, -0.15) is 0 Å². The smallest absolute Gasteiger partial charge is 0.262 e. The highest BCUT2D eigenvalue weighted by Gasteiger charge is 2.37. The van der Waals surface area contributed by atoms with E-state index >= 15 is 0 Å². The Hall–Kier alpha value is -2.95. The van der Waals surface area contributed by atoms with Crippen molar-refractivity contribution >= 4 is 17.7 Å². The second kappa shape index (κ2) is 5.60. The molecule has 5 nitrogen and oxygen atoms in total. The van der Waals surface area contributed by atoms with Crippen molar-refractivity contribution in [1.29, 1.82) is 0 Å². The quantitative estimate of drug-likeness (QED) is 0.794. The summed E-state index contributed by atoms with van der Waals surface area (Å²) in [7, 11) is 0. The van der Waals surface area contributed by atoms with Crippen LogP contribution in [-0.2, 0) is 17.8 Å². The van der Waals surface area contributed by atoms with Gasteiger partial charge in [0.15, 0.2) is 0 Å². The fourth-order valence-corrected chi connectivity index (χ4v) is 3.33. The van der Waals surface area contributed by atoms with Crippen molar-refractivity contribution in [2.45, 2.75) is 13.0 Å². The lowest BCUT2D eigenvalue weighted by atomic mass is 10.00. The van der Waals surface area contributed by atoms with E-state index in [0.29, 0.717) is 24.2 Å². The van der Waals surface area contributed by atoms with Crippen molar-refractivity contribution in [2.75, 3.05) is 13.1 Å². The van der Waals surface area contributed by atoms with Gasteiger partial charge in [-0.25, -0.2) is 0 Å². The van der Waals surface area contributed by atoms with E-state index in [-0.39, 0.29) is 24.3 Å². The predicted molar refractivity (Wildman–Crippen MR) is 87.4 cm³/mol. The first-order valence-electron chi connectivity index (χ1n) is 7.95. The lowest BCUT2D eigenvalue weighted by Crippen LogP contribution is -2.44. The van der Waals surface area contributed by atoms with Crippen LogP contribution in [0.15, 0.2) is 48.5 Å². The molecule has 0 N–H and O–H groups in total. The van der Waals surface area contributed by atoms with E-state index in [0.717, 1.165) is 16.9 Å². The van der Waals surface area contributed by atoms with Crippen molar-refractivity contribution in [3.05, 3.63) is 70.8 Å². The first-order chi connectivity index (χ1) is 11.6. The van der Waals surface area contributed by atoms with Gasteiger partial charge in [-0.3, -0.25) is 19.3 Å². The zero-order chi connectivity index (χ0) is 16.7. The average Bonchev–Trinajstić information content (AvgIpc) is 2.86. The predicted octanol–water partition coefficient (Wildman–Crippen LogP) is 1.87. The maximum atomic E-state index is 12.6. The van der Waals surface area contributed by atoms with Crippen molar-refractivity contribution in [1.82, 2.24) is 9.80 Å². The summed E-state index contributed by atoms with van der Waals surface area (Å²) in [4.78, 5) is 40.1. The molecule has 0 aromatic heterocycles. The van der Waals surface area contributed by atoms with E-state index in [2.05, 4.69) is 6.07 Å². The molecule has 4 rings (SSSR count). The molecule has 0 radical (unpaired) electrons. The van der Waals surface area contributed by atoms with Gasteiger partial charge in [-0.1, -0.05) is 36.4 Å². The molecule has 2 aliphatic heterocycles. The minimum Gasteiger partial charge on any atom is -0.336 e. The van der Waals surface area contributed by atoms with Crippen LogP contribution in [0.3, 0.4) is 0 Å². The molecule has 0 unspecified atom stereocenters. The Kier molecular flexibility index (Phi) is 3.41. The van der Waals surface area contributed by atoms with Crippen molar-refractivity contribution in [2.24, 2.45) is 0 Å². The lowest BCUT2D eigenvalue weighted by molar-refractivity contribution is -0.132. The topological polar surface area (TPSA) is 57.7 Å². The molecular formula is C19H16N2O3. The molecule has 2 aromatic rings. The normalized spacial score (nSPS) is 16.2. The van der Waals surface area contributed by atoms with Crippen molar-refractivity contribution in [3.8, 4) is 0 Å². The molecule has 0 atom stereocenters. The molecule has 5 heteroatoms. The molecule has 2 heterocycles. The summed E-state index contributed by atoms with van der Waals surface area (Å²) in [5.74, 6) is -0.971. The third kappa shape index (κ3) is 2.29. The zero-order valence-corrected chi connectivity index (χ0v) is 13.1. The molecule has 120 valence electrons. The van der Waals surface area contributed by atoms with Gasteiger partial charge in [-0.05, 0) is 29.7 Å². The van der Waals surface area contributed by atoms with Gasteiger partial charge >= 0.3 is 0 Å². The van der Waals surface area contributed by atoms with Crippen LogP contribution in [0.5, 0.6) is 0 Å². The first kappa shape index (κ1) is 14.6. The highest BCUT2D eigenvalue weighted by atomic mass is 16.2. The van der Waals surface area contributed by atoms with Gasteiger partial charge in [-0.15, -0.1) is 0 Å². The number of amides is 3. The molecule has 0 saturated carbocycles. The van der Waals surface area contributed by atoms with E-state index < -0.39 is 0 Å². The highest BCUT2D eigenvalue weighted by molar-refractivity contribution is 6.22. The highest BCUT2D eigenvalue weighted by Crippen LogP contribution is 2.23. The number of rotatable bonds is 2. The van der Waals surface area contributed by atoms with Gasteiger partial charge in [0.05, 0.1) is 11.1 Å². The van der Waals surface area contributed by atoms with Crippen LogP contribution in [0.4, 0.5) is 0 Å². The molecule has 2 aromatic carbocycles. The number of carbonyl (C=O) groups is 3. The Labute approximate surface area is 139 Å². The fraction of sp³-hybridized carbons (Fsp3) is 0.211. The van der Waals surface area contributed by atoms with Gasteiger partial charge < -0.3 is 4.90 Å². The molecule has 0 fully saturated rings. The minimum atomic E-state index is -0.388. The van der Waals surface area contributed by atoms with Crippen molar-refractivity contribution in [3.63, 3.8) is 0 Å². The number of imide groups is 1. The maximum Gasteiger partial charge on any atom is 0.262 e. The number of carbonyl (C=O) groups excluding carboxylic acids is 3. The van der Waals surface area contributed by atoms with Gasteiger partial charge in [0.25, 0.3) is 11.8 Å². The van der Waals surface area contributed by atoms with Gasteiger partial charge in [0, 0.05) is 13.1 Å². The van der Waals surface area contributed by atoms with Crippen LogP contribution in [0.25, 0.3) is 0 Å². The van der Waals surface area contributed by atoms with Gasteiger partial charge in [0.1, 0.15) is 6.54 Å². The lowest BCUT2D eigenvalue weighted by Gasteiger charge is -2.30. The Balaban J connectivity index is 1.50. The molecule has 2 aliphatic rings. The molecule has 0 bridgehead atoms. The van der Waals surface area contributed by atoms with Crippen molar-refractivity contribution < 1.29 is 14.4 Å². The third-order valence-corrected chi connectivity index (χ3v) is 4.65. The van der Waals surface area contributed by atoms with E-state index in [1.165, 1.54) is 5.56 Å². The molecular weight excluding hydrogens is 304 g/mol. The Morgan fingerprint density at radius 1 is 0.875 bits per heavy atom. The van der Waals surface area contributed by atoms with Crippen LogP contribution in [0.1, 0.15) is 31.8 Å². The molecule has 3 amide bonds. The number of hydrogen-bond donors (Lipinski definition) is 0. The van der Waals surface area contributed by atoms with Crippen LogP contribution in [0, 0.1) is 0 Å². The first-order valence-corrected chi connectivity index (χ1v) is 7.95. The molecule has 0 saturated heterocycles. The van der Waals surface area contributed by atoms with E-state index in [1.807, 2.05) is 18.2 Å². The van der Waals surface area contributed by atoms with Gasteiger partial charge in [0.2, 0.25) is 5.91 Å². The third-order valence-electron chi connectivity index (χ3n) is 4.65. The maximum absolute atomic E-state index is 12.6. The summed E-state index contributed by atoms with van der Waals surface area (Å²) in [6.45, 7) is 0.936. The number of fused-ring (bicyclic) bond motifs is 2. The second-order valence-electron chi connectivity index (χ2n) is 6.08. The van der Waals surface area contributed by atoms with Crippen LogP contribution < -0.4 is 0 Å². The number of benzene rings is 2. The van der Waals surface area contributed by atoms with Crippen LogP contribution >= 0.6 is 0 Å². The Bertz CT molecular complexity index is 824. The summed E-state index contributed by atoms with van der Waals surface area (Å²) in [5, 5.41) is 0. The number of nitrogens with zero attached hydrogens (tertiary/aromatic N) is 2. The van der Waals surface area contributed by atoms with Crippen LogP contribution in [0.2, 0.25) is 0 Å². The van der Waals surface area contributed by atoms with E-state index in [1.54, 1.807) is 29.2 Å². The summed E-state index contributed by atoms with van der Waals surface area (Å²) < 4.78 is 0. The summed E-state index contributed by atoms with van der Waals surface area (Å²) in [6, 6.07) is 14.7. The summed E-state index contributed by atoms with van der Waals surface area (Å²) in [6.07, 6.45) is 0.796. The number of hydrogen-bond acceptors (Lipinski definition) is 3. The summed E-state index contributed by atoms with van der Waals surface area (Å²) >= 11 is 0. The average molecular weight is 320 g/mol. The SMILES string of the molecule is O=C(CN1C(=O)c2ccccc2C1=O)N1CCc2ccccc2C1. The second-order valence-corrected chi connectivity index (χ2v) is 6.08. The standard InChI is InChI=1S/C19H16N2O3/c22-17(20-10-9-13-5-1-2-6-14(13)11-20)12-21-18(23)15-7-3-4-8-16(15)19(21)24/h1-8H,9-12H2.